The van der Waals surface area contributed by atoms with Crippen molar-refractivity contribution in [3.63, 3.8) is 0 Å². The highest BCUT2D eigenvalue weighted by molar-refractivity contribution is 5.74. The minimum atomic E-state index is -0.108. The second-order valence-corrected chi connectivity index (χ2v) is 4.91. The monoisotopic (exact) mass is 214 g/mol. The molecule has 2 amide bonds. The maximum absolute atomic E-state index is 11.5. The molecule has 0 saturated heterocycles. The third-order valence-corrected chi connectivity index (χ3v) is 3.18. The third kappa shape index (κ3) is 3.70. The minimum Gasteiger partial charge on any atom is -0.396 e. The molecule has 1 aliphatic rings. The summed E-state index contributed by atoms with van der Waals surface area (Å²) >= 11 is 0. The smallest absolute Gasteiger partial charge is 0.315 e. The zero-order valence-corrected chi connectivity index (χ0v) is 9.68. The maximum Gasteiger partial charge on any atom is 0.315 e. The van der Waals surface area contributed by atoms with Gasteiger partial charge in [0.05, 0.1) is 0 Å². The Kier molecular flexibility index (Phi) is 4.39. The van der Waals surface area contributed by atoms with Crippen LogP contribution in [0.3, 0.4) is 0 Å². The molecule has 1 unspecified atom stereocenters. The normalized spacial score (nSPS) is 23.8. The van der Waals surface area contributed by atoms with Crippen molar-refractivity contribution in [2.24, 2.45) is 5.41 Å². The van der Waals surface area contributed by atoms with Crippen LogP contribution >= 0.6 is 0 Å². The van der Waals surface area contributed by atoms with E-state index < -0.39 is 0 Å². The summed E-state index contributed by atoms with van der Waals surface area (Å²) in [5, 5.41) is 14.3. The lowest BCUT2D eigenvalue weighted by Gasteiger charge is -2.27. The number of aliphatic hydroxyl groups excluding tert-OH is 1. The van der Waals surface area contributed by atoms with Gasteiger partial charge < -0.3 is 15.7 Å². The van der Waals surface area contributed by atoms with Gasteiger partial charge in [0.25, 0.3) is 0 Å². The number of hydrogen-bond acceptors (Lipinski definition) is 2. The van der Waals surface area contributed by atoms with Crippen LogP contribution in [0.1, 0.15) is 39.5 Å². The number of rotatable bonds is 4. The zero-order valence-electron chi connectivity index (χ0n) is 9.68. The lowest BCUT2D eigenvalue weighted by Crippen LogP contribution is -2.46. The molecule has 0 bridgehead atoms. The molecule has 1 fully saturated rings. The van der Waals surface area contributed by atoms with Crippen molar-refractivity contribution in [2.75, 3.05) is 13.2 Å². The molecule has 0 aromatic carbocycles. The number of hydrogen-bond donors (Lipinski definition) is 3. The highest BCUT2D eigenvalue weighted by atomic mass is 16.3. The van der Waals surface area contributed by atoms with Gasteiger partial charge in [-0.05, 0) is 24.7 Å². The number of aliphatic hydroxyl groups is 1. The summed E-state index contributed by atoms with van der Waals surface area (Å²) in [5.41, 5.74) is 0.217. The Morgan fingerprint density at radius 2 is 2.27 bits per heavy atom. The molecule has 0 spiro atoms. The molecule has 1 saturated carbocycles. The molecule has 4 nitrogen and oxygen atoms in total. The molecule has 88 valence electrons. The molecule has 0 aliphatic heterocycles. The lowest BCUT2D eigenvalue weighted by atomic mass is 9.87. The van der Waals surface area contributed by atoms with Crippen LogP contribution in [-0.4, -0.2) is 30.3 Å². The molecule has 3 N–H and O–H groups in total. The van der Waals surface area contributed by atoms with Gasteiger partial charge in [0.15, 0.2) is 0 Å². The number of nitrogens with one attached hydrogen (secondary N) is 2. The summed E-state index contributed by atoms with van der Waals surface area (Å²) in [5.74, 6) is 0. The first-order chi connectivity index (χ1) is 7.06. The van der Waals surface area contributed by atoms with Gasteiger partial charge in [-0.3, -0.25) is 0 Å². The van der Waals surface area contributed by atoms with E-state index in [4.69, 9.17) is 5.11 Å². The predicted octanol–water partition coefficient (Wildman–Crippen LogP) is 1.25. The van der Waals surface area contributed by atoms with Gasteiger partial charge in [0, 0.05) is 19.2 Å². The molecule has 0 aromatic rings. The van der Waals surface area contributed by atoms with Crippen molar-refractivity contribution in [2.45, 2.75) is 45.6 Å². The van der Waals surface area contributed by atoms with Crippen LogP contribution in [0.5, 0.6) is 0 Å². The first-order valence-corrected chi connectivity index (χ1v) is 5.71. The van der Waals surface area contributed by atoms with Gasteiger partial charge in [0.2, 0.25) is 0 Å². The summed E-state index contributed by atoms with van der Waals surface area (Å²) in [6.07, 6.45) is 4.05. The lowest BCUT2D eigenvalue weighted by molar-refractivity contribution is 0.220. The predicted molar refractivity (Wildman–Crippen MR) is 59.7 cm³/mol. The third-order valence-electron chi connectivity index (χ3n) is 3.18. The Hall–Kier alpha value is -0.770. The van der Waals surface area contributed by atoms with Crippen molar-refractivity contribution in [1.29, 1.82) is 0 Å². The SMILES string of the molecule is CC1(C)CCCC1NC(=O)NCCCO. The molecule has 0 radical (unpaired) electrons. The standard InChI is InChI=1S/C11H22N2O2/c1-11(2)6-3-5-9(11)13-10(15)12-7-4-8-14/h9,14H,3-8H2,1-2H3,(H2,12,13,15). The second-order valence-electron chi connectivity index (χ2n) is 4.91. The molecule has 15 heavy (non-hydrogen) atoms. The van der Waals surface area contributed by atoms with E-state index in [1.54, 1.807) is 0 Å². The van der Waals surface area contributed by atoms with Gasteiger partial charge in [-0.25, -0.2) is 4.79 Å². The Morgan fingerprint density at radius 3 is 2.80 bits per heavy atom. The maximum atomic E-state index is 11.5. The number of urea groups is 1. The van der Waals surface area contributed by atoms with Crippen LogP contribution in [0.15, 0.2) is 0 Å². The summed E-state index contributed by atoms with van der Waals surface area (Å²) in [7, 11) is 0. The Balaban J connectivity index is 2.25. The molecule has 0 aromatic heterocycles. The fraction of sp³-hybridized carbons (Fsp3) is 0.909. The Morgan fingerprint density at radius 1 is 1.53 bits per heavy atom. The van der Waals surface area contributed by atoms with Crippen LogP contribution in [0, 0.1) is 5.41 Å². The highest BCUT2D eigenvalue weighted by Gasteiger charge is 2.35. The molecular formula is C11H22N2O2. The number of carbonyl (C=O) groups is 1. The fourth-order valence-corrected chi connectivity index (χ4v) is 2.08. The molecule has 4 heteroatoms. The van der Waals surface area contributed by atoms with Crippen molar-refractivity contribution < 1.29 is 9.90 Å². The van der Waals surface area contributed by atoms with Crippen LogP contribution in [0.4, 0.5) is 4.79 Å². The highest BCUT2D eigenvalue weighted by Crippen LogP contribution is 2.36. The van der Waals surface area contributed by atoms with E-state index in [-0.39, 0.29) is 24.1 Å². The molecule has 1 aliphatic carbocycles. The molecule has 1 atom stereocenters. The fourth-order valence-electron chi connectivity index (χ4n) is 2.08. The van der Waals surface area contributed by atoms with E-state index in [9.17, 15) is 4.79 Å². The molecule has 0 heterocycles. The van der Waals surface area contributed by atoms with Crippen molar-refractivity contribution in [3.05, 3.63) is 0 Å². The van der Waals surface area contributed by atoms with Gasteiger partial charge in [-0.1, -0.05) is 20.3 Å². The van der Waals surface area contributed by atoms with Gasteiger partial charge in [0.1, 0.15) is 0 Å². The van der Waals surface area contributed by atoms with Crippen LogP contribution in [0.25, 0.3) is 0 Å². The summed E-state index contributed by atoms with van der Waals surface area (Å²) < 4.78 is 0. The van der Waals surface area contributed by atoms with Crippen LogP contribution in [0.2, 0.25) is 0 Å². The zero-order chi connectivity index (χ0) is 11.3. The summed E-state index contributed by atoms with van der Waals surface area (Å²) in [6.45, 7) is 5.04. The average molecular weight is 214 g/mol. The Labute approximate surface area is 91.4 Å². The topological polar surface area (TPSA) is 61.4 Å². The van der Waals surface area contributed by atoms with Crippen molar-refractivity contribution in [3.8, 4) is 0 Å². The van der Waals surface area contributed by atoms with Crippen LogP contribution < -0.4 is 10.6 Å². The summed E-state index contributed by atoms with van der Waals surface area (Å²) in [6, 6.07) is 0.176. The molecule has 1 rings (SSSR count). The second kappa shape index (κ2) is 5.35. The van der Waals surface area contributed by atoms with E-state index in [1.807, 2.05) is 0 Å². The first-order valence-electron chi connectivity index (χ1n) is 5.71. The van der Waals surface area contributed by atoms with E-state index in [0.717, 1.165) is 6.42 Å². The largest absolute Gasteiger partial charge is 0.396 e. The average Bonchev–Trinajstić information content (AvgIpc) is 2.46. The van der Waals surface area contributed by atoms with E-state index >= 15 is 0 Å². The van der Waals surface area contributed by atoms with E-state index in [0.29, 0.717) is 13.0 Å². The molecular weight excluding hydrogens is 192 g/mol. The first kappa shape index (κ1) is 12.3. The number of carbonyl (C=O) groups excluding carboxylic acids is 1. The van der Waals surface area contributed by atoms with Gasteiger partial charge in [-0.2, -0.15) is 0 Å². The Bertz CT molecular complexity index is 217. The van der Waals surface area contributed by atoms with E-state index in [1.165, 1.54) is 12.8 Å². The van der Waals surface area contributed by atoms with Crippen molar-refractivity contribution >= 4 is 6.03 Å². The van der Waals surface area contributed by atoms with E-state index in [2.05, 4.69) is 24.5 Å². The van der Waals surface area contributed by atoms with Crippen molar-refractivity contribution in [1.82, 2.24) is 10.6 Å². The van der Waals surface area contributed by atoms with Crippen LogP contribution in [-0.2, 0) is 0 Å². The van der Waals surface area contributed by atoms with Gasteiger partial charge in [-0.15, -0.1) is 0 Å². The number of amides is 2. The quantitative estimate of drug-likeness (QED) is 0.617. The summed E-state index contributed by atoms with van der Waals surface area (Å²) in [4.78, 5) is 11.5. The minimum absolute atomic E-state index is 0.108. The van der Waals surface area contributed by atoms with Gasteiger partial charge >= 0.3 is 6.03 Å².